The number of nitrogens with zero attached hydrogens (tertiary/aromatic N) is 1. The van der Waals surface area contributed by atoms with E-state index in [-0.39, 0.29) is 18.9 Å². The number of hydrogen-bond acceptors (Lipinski definition) is 4. The van der Waals surface area contributed by atoms with Crippen LogP contribution in [0.2, 0.25) is 0 Å². The second-order valence-corrected chi connectivity index (χ2v) is 4.25. The highest BCUT2D eigenvalue weighted by Crippen LogP contribution is 2.19. The van der Waals surface area contributed by atoms with E-state index in [0.29, 0.717) is 11.3 Å². The van der Waals surface area contributed by atoms with Gasteiger partial charge in [0.25, 0.3) is 6.43 Å². The van der Waals surface area contributed by atoms with E-state index in [9.17, 15) is 13.6 Å². The number of hydrogen-bond donors (Lipinski definition) is 3. The lowest BCUT2D eigenvalue weighted by Gasteiger charge is -2.12. The number of anilines is 1. The molecule has 0 aliphatic carbocycles. The van der Waals surface area contributed by atoms with Crippen molar-refractivity contribution in [2.24, 2.45) is 10.9 Å². The summed E-state index contributed by atoms with van der Waals surface area (Å²) in [5, 5.41) is 14.2. The average molecular weight is 301 g/mol. The zero-order chi connectivity index (χ0) is 15.8. The summed E-state index contributed by atoms with van der Waals surface area (Å²) in [6.07, 6.45) is -2.63. The minimum absolute atomic E-state index is 0.0731. The number of nitrogens with one attached hydrogen (secondary N) is 1. The molecule has 8 heteroatoms. The molecule has 0 aromatic heterocycles. The third kappa shape index (κ3) is 5.35. The predicted octanol–water partition coefficient (Wildman–Crippen LogP) is 1.70. The highest BCUT2D eigenvalue weighted by molar-refractivity contribution is 6.06. The SMILES string of the molecule is Cc1cccc(NC(=O)CCOCC(F)F)c1/C(N)=N/O. The van der Waals surface area contributed by atoms with Crippen LogP contribution in [0.5, 0.6) is 0 Å². The van der Waals surface area contributed by atoms with Crippen LogP contribution in [0.15, 0.2) is 23.4 Å². The summed E-state index contributed by atoms with van der Waals surface area (Å²) in [7, 11) is 0. The van der Waals surface area contributed by atoms with Crippen molar-refractivity contribution in [3.8, 4) is 0 Å². The van der Waals surface area contributed by atoms with Crippen LogP contribution in [0.25, 0.3) is 0 Å². The molecule has 0 saturated carbocycles. The summed E-state index contributed by atoms with van der Waals surface area (Å²) in [6, 6.07) is 5.04. The van der Waals surface area contributed by atoms with Crippen molar-refractivity contribution in [1.82, 2.24) is 0 Å². The number of aryl methyl sites for hydroxylation is 1. The average Bonchev–Trinajstić information content (AvgIpc) is 2.43. The Hall–Kier alpha value is -2.22. The molecule has 1 aromatic carbocycles. The molecule has 4 N–H and O–H groups in total. The fourth-order valence-corrected chi connectivity index (χ4v) is 1.71. The van der Waals surface area contributed by atoms with E-state index in [0.717, 1.165) is 5.56 Å². The minimum Gasteiger partial charge on any atom is -0.409 e. The Morgan fingerprint density at radius 2 is 2.24 bits per heavy atom. The van der Waals surface area contributed by atoms with E-state index < -0.39 is 18.9 Å². The number of carbonyl (C=O) groups excluding carboxylic acids is 1. The first-order chi connectivity index (χ1) is 9.95. The number of amidine groups is 1. The van der Waals surface area contributed by atoms with E-state index in [4.69, 9.17) is 10.9 Å². The van der Waals surface area contributed by atoms with Gasteiger partial charge in [-0.2, -0.15) is 0 Å². The molecule has 0 aliphatic rings. The van der Waals surface area contributed by atoms with Gasteiger partial charge in [0, 0.05) is 5.56 Å². The maximum Gasteiger partial charge on any atom is 0.261 e. The van der Waals surface area contributed by atoms with E-state index in [1.807, 2.05) is 0 Å². The van der Waals surface area contributed by atoms with Crippen molar-refractivity contribution in [1.29, 1.82) is 0 Å². The second-order valence-electron chi connectivity index (χ2n) is 4.25. The third-order valence-electron chi connectivity index (χ3n) is 2.63. The summed E-state index contributed by atoms with van der Waals surface area (Å²) in [6.45, 7) is 0.933. The van der Waals surface area contributed by atoms with Crippen LogP contribution in [0.1, 0.15) is 17.5 Å². The van der Waals surface area contributed by atoms with Gasteiger partial charge in [-0.25, -0.2) is 8.78 Å². The maximum atomic E-state index is 11.9. The van der Waals surface area contributed by atoms with E-state index in [1.54, 1.807) is 25.1 Å². The minimum atomic E-state index is -2.56. The summed E-state index contributed by atoms with van der Waals surface area (Å²) in [4.78, 5) is 11.7. The highest BCUT2D eigenvalue weighted by atomic mass is 19.3. The van der Waals surface area contributed by atoms with Gasteiger partial charge in [0.15, 0.2) is 5.84 Å². The largest absolute Gasteiger partial charge is 0.409 e. The Balaban J connectivity index is 2.66. The predicted molar refractivity (Wildman–Crippen MR) is 73.8 cm³/mol. The Kier molecular flexibility index (Phi) is 6.54. The molecular formula is C13H17F2N3O3. The van der Waals surface area contributed by atoms with Crippen LogP contribution in [-0.2, 0) is 9.53 Å². The molecule has 0 radical (unpaired) electrons. The number of alkyl halides is 2. The monoisotopic (exact) mass is 301 g/mol. The molecule has 21 heavy (non-hydrogen) atoms. The number of ether oxygens (including phenoxy) is 1. The van der Waals surface area contributed by atoms with Gasteiger partial charge in [0.1, 0.15) is 6.61 Å². The van der Waals surface area contributed by atoms with Gasteiger partial charge in [0.2, 0.25) is 5.91 Å². The number of rotatable bonds is 7. The molecule has 0 atom stereocenters. The molecule has 0 bridgehead atoms. The molecule has 0 saturated heterocycles. The van der Waals surface area contributed by atoms with Crippen LogP contribution in [0.3, 0.4) is 0 Å². The number of carbonyl (C=O) groups is 1. The van der Waals surface area contributed by atoms with Gasteiger partial charge < -0.3 is 21.0 Å². The first-order valence-electron chi connectivity index (χ1n) is 6.19. The van der Waals surface area contributed by atoms with Crippen LogP contribution in [0.4, 0.5) is 14.5 Å². The molecule has 116 valence electrons. The van der Waals surface area contributed by atoms with Crippen molar-refractivity contribution in [2.75, 3.05) is 18.5 Å². The van der Waals surface area contributed by atoms with Crippen molar-refractivity contribution < 1.29 is 23.5 Å². The zero-order valence-electron chi connectivity index (χ0n) is 11.5. The van der Waals surface area contributed by atoms with Gasteiger partial charge in [-0.3, -0.25) is 4.79 Å². The molecule has 6 nitrogen and oxygen atoms in total. The summed E-state index contributed by atoms with van der Waals surface area (Å²) >= 11 is 0. The molecule has 0 spiro atoms. The third-order valence-corrected chi connectivity index (χ3v) is 2.63. The molecule has 0 aliphatic heterocycles. The normalized spacial score (nSPS) is 11.7. The van der Waals surface area contributed by atoms with Gasteiger partial charge in [-0.1, -0.05) is 17.3 Å². The van der Waals surface area contributed by atoms with E-state index in [2.05, 4.69) is 15.2 Å². The molecule has 0 heterocycles. The lowest BCUT2D eigenvalue weighted by Crippen LogP contribution is -2.21. The van der Waals surface area contributed by atoms with Gasteiger partial charge in [-0.15, -0.1) is 0 Å². The molecule has 1 amide bonds. The molecule has 0 unspecified atom stereocenters. The van der Waals surface area contributed by atoms with Crippen LogP contribution >= 0.6 is 0 Å². The van der Waals surface area contributed by atoms with Crippen molar-refractivity contribution in [3.63, 3.8) is 0 Å². The number of nitrogens with two attached hydrogens (primary N) is 1. The second kappa shape index (κ2) is 8.15. The van der Waals surface area contributed by atoms with Crippen molar-refractivity contribution >= 4 is 17.4 Å². The Bertz CT molecular complexity index is 521. The standard InChI is InChI=1S/C13H17F2N3O3/c1-8-3-2-4-9(12(8)13(16)18-20)17-11(19)5-6-21-7-10(14)15/h2-4,10,20H,5-7H2,1H3,(H2,16,18)(H,17,19). The van der Waals surface area contributed by atoms with Crippen molar-refractivity contribution in [2.45, 2.75) is 19.8 Å². The fraction of sp³-hybridized carbons (Fsp3) is 0.385. The Labute approximate surface area is 120 Å². The number of amides is 1. The van der Waals surface area contributed by atoms with Gasteiger partial charge in [-0.05, 0) is 18.6 Å². The molecule has 1 rings (SSSR count). The Morgan fingerprint density at radius 1 is 1.52 bits per heavy atom. The topological polar surface area (TPSA) is 96.9 Å². The number of benzene rings is 1. The Morgan fingerprint density at radius 3 is 2.86 bits per heavy atom. The quantitative estimate of drug-likeness (QED) is 0.235. The molecule has 0 fully saturated rings. The van der Waals surface area contributed by atoms with E-state index >= 15 is 0 Å². The maximum absolute atomic E-state index is 11.9. The van der Waals surface area contributed by atoms with Crippen LogP contribution < -0.4 is 11.1 Å². The summed E-state index contributed by atoms with van der Waals surface area (Å²) < 4.78 is 28.3. The van der Waals surface area contributed by atoms with Gasteiger partial charge in [0.05, 0.1) is 18.7 Å². The molecule has 1 aromatic rings. The highest BCUT2D eigenvalue weighted by Gasteiger charge is 2.13. The summed E-state index contributed by atoms with van der Waals surface area (Å²) in [5.74, 6) is -0.542. The van der Waals surface area contributed by atoms with Crippen LogP contribution in [-0.4, -0.2) is 36.6 Å². The van der Waals surface area contributed by atoms with Gasteiger partial charge >= 0.3 is 0 Å². The summed E-state index contributed by atoms with van der Waals surface area (Å²) in [5.41, 5.74) is 7.07. The lowest BCUT2D eigenvalue weighted by molar-refractivity contribution is -0.117. The van der Waals surface area contributed by atoms with Crippen LogP contribution in [0, 0.1) is 6.92 Å². The zero-order valence-corrected chi connectivity index (χ0v) is 11.5. The smallest absolute Gasteiger partial charge is 0.261 e. The van der Waals surface area contributed by atoms with E-state index in [1.165, 1.54) is 0 Å². The lowest BCUT2D eigenvalue weighted by atomic mass is 10.1. The molecular weight excluding hydrogens is 284 g/mol. The number of halogens is 2. The first-order valence-corrected chi connectivity index (χ1v) is 6.19. The number of oxime groups is 1. The fourth-order valence-electron chi connectivity index (χ4n) is 1.71. The van der Waals surface area contributed by atoms with Crippen molar-refractivity contribution in [3.05, 3.63) is 29.3 Å². The first kappa shape index (κ1) is 16.8.